The third-order valence-corrected chi connectivity index (χ3v) is 5.19. The first-order valence-electron chi connectivity index (χ1n) is 9.48. The zero-order valence-corrected chi connectivity index (χ0v) is 15.9. The fourth-order valence-electron chi connectivity index (χ4n) is 3.77. The lowest BCUT2D eigenvalue weighted by molar-refractivity contribution is -0.139. The van der Waals surface area contributed by atoms with Gasteiger partial charge in [0, 0.05) is 24.1 Å². The summed E-state index contributed by atoms with van der Waals surface area (Å²) in [5, 5.41) is 11.7. The lowest BCUT2D eigenvalue weighted by Gasteiger charge is -2.17. The number of benzene rings is 2. The van der Waals surface area contributed by atoms with Crippen LogP contribution in [0.1, 0.15) is 22.6 Å². The highest BCUT2D eigenvalue weighted by Gasteiger charge is 2.30. The van der Waals surface area contributed by atoms with E-state index < -0.39 is 24.1 Å². The number of alkyl carbamates (subject to hydrolysis) is 1. The van der Waals surface area contributed by atoms with E-state index in [4.69, 9.17) is 4.74 Å². The van der Waals surface area contributed by atoms with Crippen LogP contribution in [0.25, 0.3) is 11.1 Å². The summed E-state index contributed by atoms with van der Waals surface area (Å²) in [6.07, 6.45) is 0.167. The number of halogens is 1. The van der Waals surface area contributed by atoms with Crippen LogP contribution in [0, 0.1) is 5.95 Å². The van der Waals surface area contributed by atoms with Crippen LogP contribution in [-0.4, -0.2) is 34.8 Å². The van der Waals surface area contributed by atoms with E-state index in [1.807, 2.05) is 48.5 Å². The average Bonchev–Trinajstić information content (AvgIpc) is 3.07. The molecule has 0 bridgehead atoms. The summed E-state index contributed by atoms with van der Waals surface area (Å²) in [4.78, 5) is 27.3. The van der Waals surface area contributed by atoms with Crippen LogP contribution in [0.4, 0.5) is 9.18 Å². The van der Waals surface area contributed by atoms with Gasteiger partial charge in [0.1, 0.15) is 12.6 Å². The van der Waals surface area contributed by atoms with E-state index in [0.29, 0.717) is 0 Å². The van der Waals surface area contributed by atoms with Gasteiger partial charge < -0.3 is 15.2 Å². The highest BCUT2D eigenvalue weighted by molar-refractivity contribution is 5.81. The standard InChI is InChI=1S/C23H19FN2O4/c24-21-14(6-5-11-25-21)12-20(22(27)28)26-23(29)30-13-19-17-9-3-1-7-15(17)16-8-2-4-10-18(16)19/h1-11,19-20H,12-13H2,(H,26,29)(H,27,28)/t20-/m0/s1. The van der Waals surface area contributed by atoms with Crippen LogP contribution in [0.2, 0.25) is 0 Å². The van der Waals surface area contributed by atoms with Crippen LogP contribution in [0.3, 0.4) is 0 Å². The summed E-state index contributed by atoms with van der Waals surface area (Å²) in [5.74, 6) is -2.19. The number of amides is 1. The molecule has 0 saturated carbocycles. The Kier molecular flexibility index (Phi) is 5.43. The maximum absolute atomic E-state index is 13.7. The minimum absolute atomic E-state index is 0.0629. The van der Waals surface area contributed by atoms with Gasteiger partial charge in [0.2, 0.25) is 5.95 Å². The predicted octanol–water partition coefficient (Wildman–Crippen LogP) is 3.76. The number of rotatable bonds is 6. The summed E-state index contributed by atoms with van der Waals surface area (Å²) < 4.78 is 19.1. The number of aliphatic carboxylic acids is 1. The number of carbonyl (C=O) groups is 2. The molecule has 1 aliphatic carbocycles. The van der Waals surface area contributed by atoms with Gasteiger partial charge in [0.25, 0.3) is 0 Å². The van der Waals surface area contributed by atoms with Gasteiger partial charge in [-0.3, -0.25) is 0 Å². The molecule has 3 aromatic rings. The molecule has 152 valence electrons. The molecular weight excluding hydrogens is 387 g/mol. The van der Waals surface area contributed by atoms with E-state index in [0.717, 1.165) is 22.3 Å². The second kappa shape index (κ2) is 8.32. The SMILES string of the molecule is O=C(N[C@@H](Cc1cccnc1F)C(=O)O)OCC1c2ccccc2-c2ccccc21. The number of hydrogen-bond acceptors (Lipinski definition) is 4. The van der Waals surface area contributed by atoms with Crippen LogP contribution in [0.5, 0.6) is 0 Å². The molecule has 2 N–H and O–H groups in total. The molecule has 0 spiro atoms. The Balaban J connectivity index is 1.44. The topological polar surface area (TPSA) is 88.5 Å². The summed E-state index contributed by atoms with van der Waals surface area (Å²) in [6.45, 7) is 0.0629. The third-order valence-electron chi connectivity index (χ3n) is 5.19. The number of carbonyl (C=O) groups excluding carboxylic acids is 1. The molecule has 1 aromatic heterocycles. The lowest BCUT2D eigenvalue weighted by atomic mass is 9.98. The minimum Gasteiger partial charge on any atom is -0.480 e. The summed E-state index contributed by atoms with van der Waals surface area (Å²) >= 11 is 0. The molecule has 6 nitrogen and oxygen atoms in total. The van der Waals surface area contributed by atoms with Gasteiger partial charge in [-0.2, -0.15) is 4.39 Å². The summed E-state index contributed by atoms with van der Waals surface area (Å²) in [5.41, 5.74) is 4.40. The van der Waals surface area contributed by atoms with Gasteiger partial charge in [-0.15, -0.1) is 0 Å². The maximum Gasteiger partial charge on any atom is 0.407 e. The highest BCUT2D eigenvalue weighted by atomic mass is 19.1. The van der Waals surface area contributed by atoms with Crippen molar-refractivity contribution in [2.24, 2.45) is 0 Å². The molecule has 1 atom stereocenters. The lowest BCUT2D eigenvalue weighted by Crippen LogP contribution is -2.43. The molecule has 2 aromatic carbocycles. The fourth-order valence-corrected chi connectivity index (χ4v) is 3.77. The van der Waals surface area contributed by atoms with Gasteiger partial charge in [-0.05, 0) is 28.3 Å². The van der Waals surface area contributed by atoms with Gasteiger partial charge in [0.15, 0.2) is 0 Å². The molecule has 1 heterocycles. The number of aromatic nitrogens is 1. The molecule has 4 rings (SSSR count). The van der Waals surface area contributed by atoms with Crippen molar-refractivity contribution in [2.45, 2.75) is 18.4 Å². The number of nitrogens with zero attached hydrogens (tertiary/aromatic N) is 1. The Hall–Kier alpha value is -3.74. The molecule has 7 heteroatoms. The molecule has 30 heavy (non-hydrogen) atoms. The first-order valence-corrected chi connectivity index (χ1v) is 9.48. The zero-order valence-electron chi connectivity index (χ0n) is 15.9. The van der Waals surface area contributed by atoms with Crippen molar-refractivity contribution in [3.63, 3.8) is 0 Å². The number of hydrogen-bond donors (Lipinski definition) is 2. The number of nitrogens with one attached hydrogen (secondary N) is 1. The Bertz CT molecular complexity index is 1060. The Morgan fingerprint density at radius 2 is 1.67 bits per heavy atom. The minimum atomic E-state index is -1.33. The molecule has 0 radical (unpaired) electrons. The quantitative estimate of drug-likeness (QED) is 0.609. The molecule has 0 fully saturated rings. The maximum atomic E-state index is 13.7. The smallest absolute Gasteiger partial charge is 0.407 e. The predicted molar refractivity (Wildman–Crippen MR) is 108 cm³/mol. The normalized spacial score (nSPS) is 13.2. The molecule has 1 amide bonds. The van der Waals surface area contributed by atoms with E-state index in [1.54, 1.807) is 0 Å². The molecule has 0 saturated heterocycles. The number of carboxylic acids is 1. The van der Waals surface area contributed by atoms with Crippen molar-refractivity contribution < 1.29 is 23.8 Å². The number of pyridine rings is 1. The molecular formula is C23H19FN2O4. The fraction of sp³-hybridized carbons (Fsp3) is 0.174. The Labute approximate surface area is 172 Å². The van der Waals surface area contributed by atoms with Gasteiger partial charge in [0.05, 0.1) is 0 Å². The van der Waals surface area contributed by atoms with Crippen LogP contribution in [0.15, 0.2) is 66.9 Å². The van der Waals surface area contributed by atoms with E-state index in [1.165, 1.54) is 18.3 Å². The van der Waals surface area contributed by atoms with Crippen molar-refractivity contribution in [1.82, 2.24) is 10.3 Å². The van der Waals surface area contributed by atoms with Gasteiger partial charge >= 0.3 is 12.1 Å². The van der Waals surface area contributed by atoms with Crippen molar-refractivity contribution >= 4 is 12.1 Å². The summed E-state index contributed by atoms with van der Waals surface area (Å²) in [7, 11) is 0. The van der Waals surface area contributed by atoms with Crippen molar-refractivity contribution in [3.8, 4) is 11.1 Å². The second-order valence-electron chi connectivity index (χ2n) is 7.02. The Morgan fingerprint density at radius 3 is 2.27 bits per heavy atom. The van der Waals surface area contributed by atoms with E-state index in [9.17, 15) is 19.1 Å². The molecule has 0 aliphatic heterocycles. The molecule has 1 aliphatic rings. The van der Waals surface area contributed by atoms with Crippen molar-refractivity contribution in [1.29, 1.82) is 0 Å². The molecule has 0 unspecified atom stereocenters. The second-order valence-corrected chi connectivity index (χ2v) is 7.02. The monoisotopic (exact) mass is 406 g/mol. The van der Waals surface area contributed by atoms with Crippen molar-refractivity contribution in [3.05, 3.63) is 89.5 Å². The number of fused-ring (bicyclic) bond motifs is 3. The largest absolute Gasteiger partial charge is 0.480 e. The summed E-state index contributed by atoms with van der Waals surface area (Å²) in [6, 6.07) is 17.4. The van der Waals surface area contributed by atoms with Crippen LogP contribution >= 0.6 is 0 Å². The third kappa shape index (κ3) is 3.87. The zero-order chi connectivity index (χ0) is 21.1. The van der Waals surface area contributed by atoms with Crippen molar-refractivity contribution in [2.75, 3.05) is 6.61 Å². The average molecular weight is 406 g/mol. The van der Waals surface area contributed by atoms with E-state index in [-0.39, 0.29) is 24.5 Å². The van der Waals surface area contributed by atoms with Crippen LogP contribution in [-0.2, 0) is 16.0 Å². The van der Waals surface area contributed by atoms with E-state index >= 15 is 0 Å². The first kappa shape index (κ1) is 19.6. The highest BCUT2D eigenvalue weighted by Crippen LogP contribution is 2.44. The van der Waals surface area contributed by atoms with E-state index in [2.05, 4.69) is 10.3 Å². The van der Waals surface area contributed by atoms with Gasteiger partial charge in [-0.25, -0.2) is 14.6 Å². The number of ether oxygens (including phenoxy) is 1. The van der Waals surface area contributed by atoms with Gasteiger partial charge in [-0.1, -0.05) is 54.6 Å². The number of carboxylic acid groups (broad SMARTS) is 1. The Morgan fingerprint density at radius 1 is 1.03 bits per heavy atom. The van der Waals surface area contributed by atoms with Crippen LogP contribution < -0.4 is 5.32 Å². The first-order chi connectivity index (χ1) is 14.5.